The van der Waals surface area contributed by atoms with Gasteiger partial charge in [-0.25, -0.2) is 0 Å². The van der Waals surface area contributed by atoms with Crippen molar-refractivity contribution in [2.75, 3.05) is 0 Å². The van der Waals surface area contributed by atoms with Crippen molar-refractivity contribution < 1.29 is 13.2 Å². The number of halogens is 3. The van der Waals surface area contributed by atoms with E-state index in [2.05, 4.69) is 6.92 Å². The molecular weight excluding hydrogens is 209 g/mol. The summed E-state index contributed by atoms with van der Waals surface area (Å²) in [7, 11) is 0. The van der Waals surface area contributed by atoms with Crippen LogP contribution >= 0.6 is 11.3 Å². The third kappa shape index (κ3) is 1.39. The van der Waals surface area contributed by atoms with Gasteiger partial charge >= 0.3 is 6.18 Å². The first kappa shape index (κ1) is 9.52. The molecule has 0 saturated carbocycles. The molecule has 1 aromatic heterocycles. The molecule has 0 aliphatic carbocycles. The lowest BCUT2D eigenvalue weighted by Crippen LogP contribution is -2.05. The molecule has 73 valence electrons. The molecule has 0 bridgehead atoms. The van der Waals surface area contributed by atoms with Gasteiger partial charge in [0.1, 0.15) is 0 Å². The average molecular weight is 215 g/mol. The first-order valence-electron chi connectivity index (χ1n) is 3.89. The van der Waals surface area contributed by atoms with Crippen LogP contribution in [0.3, 0.4) is 0 Å². The van der Waals surface area contributed by atoms with Gasteiger partial charge in [0, 0.05) is 10.1 Å². The molecule has 2 rings (SSSR count). The largest absolute Gasteiger partial charge is 0.417 e. The van der Waals surface area contributed by atoms with Crippen LogP contribution in [0.5, 0.6) is 0 Å². The number of thiophene rings is 1. The van der Waals surface area contributed by atoms with E-state index in [0.717, 1.165) is 6.07 Å². The third-order valence-electron chi connectivity index (χ3n) is 1.98. The van der Waals surface area contributed by atoms with Gasteiger partial charge in [-0.2, -0.15) is 13.2 Å². The molecule has 0 amide bonds. The minimum atomic E-state index is -4.30. The third-order valence-corrected chi connectivity index (χ3v) is 2.98. The zero-order valence-electron chi connectivity index (χ0n) is 7.06. The number of benzene rings is 1. The van der Waals surface area contributed by atoms with Crippen molar-refractivity contribution >= 4 is 21.4 Å². The maximum absolute atomic E-state index is 12.6. The Balaban J connectivity index is 2.82. The fourth-order valence-corrected chi connectivity index (χ4v) is 2.29. The molecule has 0 N–H and O–H groups in total. The minimum Gasteiger partial charge on any atom is -0.166 e. The standard InChI is InChI=1S/C10H6F3S/c1-6-5-14-8-4-2-3-7(9(6)8)10(11,12)13/h2-5H,1H2. The number of alkyl halides is 3. The van der Waals surface area contributed by atoms with Gasteiger partial charge in [0.05, 0.1) is 5.56 Å². The van der Waals surface area contributed by atoms with E-state index in [1.54, 1.807) is 11.4 Å². The van der Waals surface area contributed by atoms with Crippen LogP contribution in [0.15, 0.2) is 23.6 Å². The van der Waals surface area contributed by atoms with Crippen molar-refractivity contribution in [1.82, 2.24) is 0 Å². The van der Waals surface area contributed by atoms with Crippen molar-refractivity contribution in [3.8, 4) is 0 Å². The summed E-state index contributed by atoms with van der Waals surface area (Å²) >= 11 is 1.28. The van der Waals surface area contributed by atoms with E-state index in [1.807, 2.05) is 0 Å². The Morgan fingerprint density at radius 1 is 1.21 bits per heavy atom. The van der Waals surface area contributed by atoms with Crippen molar-refractivity contribution in [2.24, 2.45) is 0 Å². The highest BCUT2D eigenvalue weighted by molar-refractivity contribution is 7.17. The van der Waals surface area contributed by atoms with E-state index in [0.29, 0.717) is 10.3 Å². The molecule has 0 spiro atoms. The summed E-state index contributed by atoms with van der Waals surface area (Å²) in [4.78, 5) is 0. The maximum atomic E-state index is 12.6. The summed E-state index contributed by atoms with van der Waals surface area (Å²) in [5.41, 5.74) is -0.154. The highest BCUT2D eigenvalue weighted by Gasteiger charge is 2.33. The quantitative estimate of drug-likeness (QED) is 0.620. The van der Waals surface area contributed by atoms with E-state index in [4.69, 9.17) is 0 Å². The van der Waals surface area contributed by atoms with Gasteiger partial charge in [0.2, 0.25) is 0 Å². The predicted octanol–water partition coefficient (Wildman–Crippen LogP) is 4.10. The van der Waals surface area contributed by atoms with Crippen LogP contribution in [0.4, 0.5) is 13.2 Å². The van der Waals surface area contributed by atoms with Gasteiger partial charge in [-0.3, -0.25) is 0 Å². The van der Waals surface area contributed by atoms with Gasteiger partial charge in [0.15, 0.2) is 0 Å². The molecule has 1 aromatic carbocycles. The zero-order valence-corrected chi connectivity index (χ0v) is 7.88. The van der Waals surface area contributed by atoms with E-state index in [1.165, 1.54) is 17.4 Å². The summed E-state index contributed by atoms with van der Waals surface area (Å²) in [6.45, 7) is 3.59. The average Bonchev–Trinajstić information content (AvgIpc) is 2.46. The normalized spacial score (nSPS) is 12.3. The first-order chi connectivity index (χ1) is 6.50. The van der Waals surface area contributed by atoms with Gasteiger partial charge in [-0.1, -0.05) is 6.07 Å². The molecule has 0 aliphatic heterocycles. The van der Waals surface area contributed by atoms with Gasteiger partial charge < -0.3 is 0 Å². The summed E-state index contributed by atoms with van der Waals surface area (Å²) in [5, 5.41) is 1.87. The lowest BCUT2D eigenvalue weighted by Gasteiger charge is -2.08. The molecule has 0 saturated heterocycles. The Hall–Kier alpha value is -1.03. The number of rotatable bonds is 0. The Morgan fingerprint density at radius 3 is 2.57 bits per heavy atom. The molecule has 2 aromatic rings. The molecule has 14 heavy (non-hydrogen) atoms. The lowest BCUT2D eigenvalue weighted by molar-refractivity contribution is -0.136. The first-order valence-corrected chi connectivity index (χ1v) is 4.77. The minimum absolute atomic E-state index is 0.227. The molecule has 0 nitrogen and oxygen atoms in total. The zero-order chi connectivity index (χ0) is 10.3. The van der Waals surface area contributed by atoms with E-state index in [9.17, 15) is 13.2 Å². The van der Waals surface area contributed by atoms with Crippen LogP contribution in [0, 0.1) is 6.92 Å². The highest BCUT2D eigenvalue weighted by atomic mass is 32.1. The van der Waals surface area contributed by atoms with Crippen LogP contribution in [0.1, 0.15) is 11.1 Å². The lowest BCUT2D eigenvalue weighted by atomic mass is 10.1. The van der Waals surface area contributed by atoms with E-state index in [-0.39, 0.29) is 5.39 Å². The second-order valence-corrected chi connectivity index (χ2v) is 3.85. The molecule has 1 radical (unpaired) electrons. The fraction of sp³-hybridized carbons (Fsp3) is 0.100. The SMILES string of the molecule is [CH2]c1csc2cccc(C(F)(F)F)c12. The number of hydrogen-bond acceptors (Lipinski definition) is 1. The van der Waals surface area contributed by atoms with Crippen LogP contribution in [-0.2, 0) is 6.18 Å². The molecule has 0 fully saturated rings. The maximum Gasteiger partial charge on any atom is 0.417 e. The molecule has 0 aliphatic rings. The van der Waals surface area contributed by atoms with Gasteiger partial charge in [-0.05, 0) is 30.0 Å². The second-order valence-electron chi connectivity index (χ2n) is 2.94. The topological polar surface area (TPSA) is 0 Å². The van der Waals surface area contributed by atoms with Crippen LogP contribution in [0.2, 0.25) is 0 Å². The summed E-state index contributed by atoms with van der Waals surface area (Å²) in [6, 6.07) is 4.18. The van der Waals surface area contributed by atoms with Crippen LogP contribution in [0.25, 0.3) is 10.1 Å². The Kier molecular flexibility index (Phi) is 2.03. The summed E-state index contributed by atoms with van der Waals surface area (Å²) < 4.78 is 38.3. The highest BCUT2D eigenvalue weighted by Crippen LogP contribution is 2.38. The summed E-state index contributed by atoms with van der Waals surface area (Å²) in [6.07, 6.45) is -4.30. The van der Waals surface area contributed by atoms with Crippen LogP contribution < -0.4 is 0 Å². The van der Waals surface area contributed by atoms with Crippen molar-refractivity contribution in [3.05, 3.63) is 41.6 Å². The molecule has 4 heteroatoms. The fourth-order valence-electron chi connectivity index (χ4n) is 1.39. The Bertz CT molecular complexity index is 468. The molecular formula is C10H6F3S. The van der Waals surface area contributed by atoms with Gasteiger partial charge in [-0.15, -0.1) is 11.3 Å². The van der Waals surface area contributed by atoms with Crippen molar-refractivity contribution in [3.63, 3.8) is 0 Å². The molecule has 0 unspecified atom stereocenters. The number of fused-ring (bicyclic) bond motifs is 1. The predicted molar refractivity (Wildman–Crippen MR) is 51.3 cm³/mol. The second kappa shape index (κ2) is 2.98. The monoisotopic (exact) mass is 215 g/mol. The van der Waals surface area contributed by atoms with E-state index < -0.39 is 11.7 Å². The van der Waals surface area contributed by atoms with Crippen molar-refractivity contribution in [1.29, 1.82) is 0 Å². The smallest absolute Gasteiger partial charge is 0.166 e. The molecule has 1 heterocycles. The number of hydrogen-bond donors (Lipinski definition) is 0. The Labute approximate surface area is 83.0 Å². The Morgan fingerprint density at radius 2 is 1.93 bits per heavy atom. The van der Waals surface area contributed by atoms with Crippen LogP contribution in [-0.4, -0.2) is 0 Å². The molecule has 0 atom stereocenters. The van der Waals surface area contributed by atoms with E-state index >= 15 is 0 Å². The van der Waals surface area contributed by atoms with Crippen molar-refractivity contribution in [2.45, 2.75) is 6.18 Å². The summed E-state index contributed by atoms with van der Waals surface area (Å²) in [5.74, 6) is 0. The van der Waals surface area contributed by atoms with Gasteiger partial charge in [0.25, 0.3) is 0 Å².